The third-order valence-electron chi connectivity index (χ3n) is 5.63. The highest BCUT2D eigenvalue weighted by atomic mass is 32.2. The quantitative estimate of drug-likeness (QED) is 0.188. The molecule has 0 heterocycles. The fourth-order valence-electron chi connectivity index (χ4n) is 3.56. The summed E-state index contributed by atoms with van der Waals surface area (Å²) in [6, 6.07) is 22.7. The van der Waals surface area contributed by atoms with Crippen LogP contribution in [0.15, 0.2) is 88.7 Å². The lowest BCUT2D eigenvalue weighted by molar-refractivity contribution is 0.0230. The molecule has 38 heavy (non-hydrogen) atoms. The SMILES string of the molecule is Cc1ccc(S(=O)(=O)OCCOCC(COCCOS(=O)(=O)c2ccc(C)cc2)Cc2ccccc2)cc1. The molecule has 10 heteroatoms. The number of hydrogen-bond acceptors (Lipinski definition) is 8. The molecular weight excluding hydrogens is 528 g/mol. The minimum absolute atomic E-state index is 0.0418. The van der Waals surface area contributed by atoms with Gasteiger partial charge in [-0.3, -0.25) is 8.37 Å². The topological polar surface area (TPSA) is 105 Å². The Bertz CT molecular complexity index is 1240. The second-order valence-electron chi connectivity index (χ2n) is 8.88. The van der Waals surface area contributed by atoms with Crippen LogP contribution in [0.4, 0.5) is 0 Å². The van der Waals surface area contributed by atoms with Gasteiger partial charge < -0.3 is 9.47 Å². The summed E-state index contributed by atoms with van der Waals surface area (Å²) in [6.45, 7) is 4.33. The van der Waals surface area contributed by atoms with Gasteiger partial charge in [0.15, 0.2) is 0 Å². The molecule has 0 amide bonds. The summed E-state index contributed by atoms with van der Waals surface area (Å²) in [7, 11) is -7.70. The van der Waals surface area contributed by atoms with Crippen molar-refractivity contribution < 1.29 is 34.7 Å². The third kappa shape index (κ3) is 9.94. The molecule has 0 aliphatic carbocycles. The maximum atomic E-state index is 12.3. The highest BCUT2D eigenvalue weighted by Gasteiger charge is 2.17. The van der Waals surface area contributed by atoms with E-state index in [0.717, 1.165) is 16.7 Å². The van der Waals surface area contributed by atoms with Crippen LogP contribution in [0, 0.1) is 19.8 Å². The van der Waals surface area contributed by atoms with E-state index in [0.29, 0.717) is 19.6 Å². The summed E-state index contributed by atoms with van der Waals surface area (Å²) >= 11 is 0. The lowest BCUT2D eigenvalue weighted by atomic mass is 10.0. The molecule has 0 aliphatic rings. The molecule has 0 spiro atoms. The molecule has 0 radical (unpaired) electrons. The second-order valence-corrected chi connectivity index (χ2v) is 12.1. The molecule has 0 atom stereocenters. The Labute approximate surface area is 225 Å². The van der Waals surface area contributed by atoms with Crippen LogP contribution in [0.3, 0.4) is 0 Å². The van der Waals surface area contributed by atoms with Gasteiger partial charge in [0.05, 0.1) is 49.4 Å². The number of rotatable bonds is 16. The van der Waals surface area contributed by atoms with Gasteiger partial charge >= 0.3 is 0 Å². The maximum Gasteiger partial charge on any atom is 0.297 e. The van der Waals surface area contributed by atoms with Crippen molar-refractivity contribution in [3.63, 3.8) is 0 Å². The molecule has 206 valence electrons. The smallest absolute Gasteiger partial charge is 0.297 e. The molecule has 0 fully saturated rings. The molecule has 0 aliphatic heterocycles. The Balaban J connectivity index is 1.43. The first-order chi connectivity index (χ1) is 18.2. The average Bonchev–Trinajstić information content (AvgIpc) is 2.89. The average molecular weight is 563 g/mol. The van der Waals surface area contributed by atoms with Crippen molar-refractivity contribution in [3.05, 3.63) is 95.6 Å². The third-order valence-corrected chi connectivity index (χ3v) is 8.28. The van der Waals surface area contributed by atoms with Crippen LogP contribution in [0.2, 0.25) is 0 Å². The number of aryl methyl sites for hydroxylation is 2. The predicted molar refractivity (Wildman–Crippen MR) is 144 cm³/mol. The lowest BCUT2D eigenvalue weighted by Gasteiger charge is -2.18. The molecule has 0 aromatic heterocycles. The van der Waals surface area contributed by atoms with Crippen LogP contribution in [0.1, 0.15) is 16.7 Å². The van der Waals surface area contributed by atoms with E-state index in [1.807, 2.05) is 44.2 Å². The summed E-state index contributed by atoms with van der Waals surface area (Å²) in [5, 5.41) is 0. The minimum atomic E-state index is -3.85. The molecule has 3 rings (SSSR count). The summed E-state index contributed by atoms with van der Waals surface area (Å²) in [4.78, 5) is 0.204. The van der Waals surface area contributed by atoms with E-state index in [1.165, 1.54) is 24.3 Å². The van der Waals surface area contributed by atoms with Crippen molar-refractivity contribution in [2.75, 3.05) is 39.6 Å². The Morgan fingerprint density at radius 1 is 0.579 bits per heavy atom. The zero-order valence-corrected chi connectivity index (χ0v) is 23.2. The van der Waals surface area contributed by atoms with E-state index >= 15 is 0 Å². The fraction of sp³-hybridized carbons (Fsp3) is 0.357. The van der Waals surface area contributed by atoms with Crippen molar-refractivity contribution in [1.29, 1.82) is 0 Å². The zero-order chi connectivity index (χ0) is 27.4. The fourth-order valence-corrected chi connectivity index (χ4v) is 5.35. The van der Waals surface area contributed by atoms with Crippen LogP contribution in [-0.2, 0) is 44.5 Å². The van der Waals surface area contributed by atoms with Gasteiger partial charge in [-0.15, -0.1) is 0 Å². The number of hydrogen-bond donors (Lipinski definition) is 0. The predicted octanol–water partition coefficient (Wildman–Crippen LogP) is 4.31. The van der Waals surface area contributed by atoms with Gasteiger partial charge in [0, 0.05) is 5.92 Å². The van der Waals surface area contributed by atoms with Gasteiger partial charge in [-0.2, -0.15) is 16.8 Å². The van der Waals surface area contributed by atoms with Crippen molar-refractivity contribution in [2.24, 2.45) is 5.92 Å². The van der Waals surface area contributed by atoms with E-state index in [2.05, 4.69) is 0 Å². The maximum absolute atomic E-state index is 12.3. The van der Waals surface area contributed by atoms with Crippen molar-refractivity contribution in [1.82, 2.24) is 0 Å². The standard InChI is InChI=1S/C28H34O8S2/c1-23-8-12-27(13-9-23)37(29,30)35-18-16-33-21-26(20-25-6-4-3-5-7-25)22-34-17-19-36-38(31,32)28-14-10-24(2)11-15-28/h3-15,26H,16-22H2,1-2H3. The van der Waals surface area contributed by atoms with Crippen LogP contribution < -0.4 is 0 Å². The normalized spacial score (nSPS) is 12.2. The van der Waals surface area contributed by atoms with Gasteiger partial charge in [0.2, 0.25) is 0 Å². The first-order valence-corrected chi connectivity index (χ1v) is 15.1. The summed E-state index contributed by atoms with van der Waals surface area (Å²) in [5.74, 6) is -0.0418. The largest absolute Gasteiger partial charge is 0.379 e. The number of ether oxygens (including phenoxy) is 2. The molecular formula is C28H34O8S2. The van der Waals surface area contributed by atoms with E-state index in [9.17, 15) is 16.8 Å². The van der Waals surface area contributed by atoms with Crippen LogP contribution in [0.5, 0.6) is 0 Å². The molecule has 8 nitrogen and oxygen atoms in total. The van der Waals surface area contributed by atoms with Gasteiger partial charge in [0.1, 0.15) is 0 Å². The van der Waals surface area contributed by atoms with Crippen LogP contribution in [-0.4, -0.2) is 56.5 Å². The highest BCUT2D eigenvalue weighted by molar-refractivity contribution is 7.87. The monoisotopic (exact) mass is 562 g/mol. The van der Waals surface area contributed by atoms with Crippen molar-refractivity contribution in [2.45, 2.75) is 30.1 Å². The van der Waals surface area contributed by atoms with Gasteiger partial charge in [-0.05, 0) is 50.1 Å². The molecule has 0 saturated heterocycles. The van der Waals surface area contributed by atoms with E-state index in [1.54, 1.807) is 24.3 Å². The molecule has 0 N–H and O–H groups in total. The van der Waals surface area contributed by atoms with Crippen LogP contribution >= 0.6 is 0 Å². The summed E-state index contributed by atoms with van der Waals surface area (Å²) in [5.41, 5.74) is 3.01. The van der Waals surface area contributed by atoms with E-state index < -0.39 is 20.2 Å². The summed E-state index contributed by atoms with van der Waals surface area (Å²) < 4.78 is 70.8. The Morgan fingerprint density at radius 2 is 1.00 bits per heavy atom. The van der Waals surface area contributed by atoms with Gasteiger partial charge in [0.25, 0.3) is 20.2 Å². The van der Waals surface area contributed by atoms with Gasteiger partial charge in [-0.1, -0.05) is 65.7 Å². The lowest BCUT2D eigenvalue weighted by Crippen LogP contribution is -2.22. The molecule has 3 aromatic rings. The molecule has 3 aromatic carbocycles. The zero-order valence-electron chi connectivity index (χ0n) is 21.6. The Kier molecular flexibility index (Phi) is 11.4. The Hall–Kier alpha value is -2.60. The van der Waals surface area contributed by atoms with Crippen molar-refractivity contribution >= 4 is 20.2 Å². The summed E-state index contributed by atoms with van der Waals surface area (Å²) in [6.07, 6.45) is 0.673. The van der Waals surface area contributed by atoms with Crippen LogP contribution in [0.25, 0.3) is 0 Å². The minimum Gasteiger partial charge on any atom is -0.379 e. The highest BCUT2D eigenvalue weighted by Crippen LogP contribution is 2.15. The second kappa shape index (κ2) is 14.5. The first kappa shape index (κ1) is 29.9. The number of benzene rings is 3. The first-order valence-electron chi connectivity index (χ1n) is 12.3. The molecule has 0 unspecified atom stereocenters. The Morgan fingerprint density at radius 3 is 1.42 bits per heavy atom. The van der Waals surface area contributed by atoms with Gasteiger partial charge in [-0.25, -0.2) is 0 Å². The van der Waals surface area contributed by atoms with E-state index in [4.69, 9.17) is 17.8 Å². The van der Waals surface area contributed by atoms with E-state index in [-0.39, 0.29) is 42.1 Å². The molecule has 0 saturated carbocycles. The van der Waals surface area contributed by atoms with Crippen molar-refractivity contribution in [3.8, 4) is 0 Å². The molecule has 0 bridgehead atoms.